The number of hydrogen-bond acceptors (Lipinski definition) is 5. The second kappa shape index (κ2) is 10.0. The fourth-order valence-corrected chi connectivity index (χ4v) is 2.97. The Bertz CT molecular complexity index is 826. The molecule has 2 rings (SSSR count). The molecule has 0 saturated heterocycles. The molecule has 0 saturated carbocycles. The van der Waals surface area contributed by atoms with Crippen LogP contribution in [0.2, 0.25) is 0 Å². The van der Waals surface area contributed by atoms with E-state index in [-0.39, 0.29) is 18.4 Å². The van der Waals surface area contributed by atoms with Crippen molar-refractivity contribution in [1.29, 1.82) is 0 Å². The summed E-state index contributed by atoms with van der Waals surface area (Å²) in [5.74, 6) is 1.02. The lowest BCUT2D eigenvalue weighted by Crippen LogP contribution is -2.28. The summed E-state index contributed by atoms with van der Waals surface area (Å²) in [5, 5.41) is 5.47. The van der Waals surface area contributed by atoms with Crippen LogP contribution in [-0.2, 0) is 4.79 Å². The monoisotopic (exact) mass is 484 g/mol. The van der Waals surface area contributed by atoms with Crippen molar-refractivity contribution in [3.63, 3.8) is 0 Å². The normalized spacial score (nSPS) is 10.1. The number of halogens is 1. The number of carbonyl (C=O) groups excluding carboxylic acids is 2. The van der Waals surface area contributed by atoms with Crippen molar-refractivity contribution in [2.45, 2.75) is 6.92 Å². The third-order valence-corrected chi connectivity index (χ3v) is 4.45. The predicted octanol–water partition coefficient (Wildman–Crippen LogP) is 3.08. The number of rotatable bonds is 8. The van der Waals surface area contributed by atoms with E-state index in [0.717, 1.165) is 3.57 Å². The Balaban J connectivity index is 2.12. The highest BCUT2D eigenvalue weighted by Gasteiger charge is 2.16. The summed E-state index contributed by atoms with van der Waals surface area (Å²) in [6.07, 6.45) is 0. The van der Waals surface area contributed by atoms with Gasteiger partial charge in [-0.25, -0.2) is 0 Å². The van der Waals surface area contributed by atoms with Gasteiger partial charge < -0.3 is 24.8 Å². The van der Waals surface area contributed by atoms with Crippen LogP contribution in [0.5, 0.6) is 17.2 Å². The first kappa shape index (κ1) is 20.8. The molecule has 0 aliphatic rings. The number of carbonyl (C=O) groups is 2. The minimum atomic E-state index is -0.291. The first-order valence-corrected chi connectivity index (χ1v) is 9.28. The van der Waals surface area contributed by atoms with E-state index in [9.17, 15) is 9.59 Å². The molecule has 7 nitrogen and oxygen atoms in total. The van der Waals surface area contributed by atoms with Gasteiger partial charge in [0.15, 0.2) is 18.1 Å². The Hall–Kier alpha value is -2.49. The van der Waals surface area contributed by atoms with E-state index >= 15 is 0 Å². The molecule has 0 bridgehead atoms. The van der Waals surface area contributed by atoms with Gasteiger partial charge in [0.25, 0.3) is 11.8 Å². The SMILES string of the molecule is CCNC(=O)COc1cccc(NC(=O)c2cc(OC)c(OC)cc2I)c1. The maximum atomic E-state index is 12.6. The van der Waals surface area contributed by atoms with Gasteiger partial charge >= 0.3 is 0 Å². The zero-order chi connectivity index (χ0) is 19.8. The first-order chi connectivity index (χ1) is 13.0. The number of ether oxygens (including phenoxy) is 3. The largest absolute Gasteiger partial charge is 0.493 e. The number of anilines is 1. The van der Waals surface area contributed by atoms with Crippen molar-refractivity contribution in [3.8, 4) is 17.2 Å². The molecular weight excluding hydrogens is 463 g/mol. The molecule has 2 N–H and O–H groups in total. The molecule has 0 fully saturated rings. The summed E-state index contributed by atoms with van der Waals surface area (Å²) in [5.41, 5.74) is 1.01. The average molecular weight is 484 g/mol. The summed E-state index contributed by atoms with van der Waals surface area (Å²) in [4.78, 5) is 24.1. The standard InChI is InChI=1S/C19H21IN2O5/c1-4-21-18(23)11-27-13-7-5-6-12(8-13)22-19(24)14-9-16(25-2)17(26-3)10-15(14)20/h5-10H,4,11H2,1-3H3,(H,21,23)(H,22,24). The zero-order valence-corrected chi connectivity index (χ0v) is 17.5. The van der Waals surface area contributed by atoms with Crippen molar-refractivity contribution < 1.29 is 23.8 Å². The summed E-state index contributed by atoms with van der Waals surface area (Å²) in [6.45, 7) is 2.30. The molecule has 0 radical (unpaired) electrons. The lowest BCUT2D eigenvalue weighted by molar-refractivity contribution is -0.122. The van der Waals surface area contributed by atoms with Crippen LogP contribution in [0.4, 0.5) is 5.69 Å². The third-order valence-electron chi connectivity index (χ3n) is 3.55. The molecule has 0 atom stereocenters. The van der Waals surface area contributed by atoms with Crippen LogP contribution in [0.15, 0.2) is 36.4 Å². The van der Waals surface area contributed by atoms with E-state index in [4.69, 9.17) is 14.2 Å². The number of benzene rings is 2. The van der Waals surface area contributed by atoms with Gasteiger partial charge in [0.05, 0.1) is 19.8 Å². The van der Waals surface area contributed by atoms with Crippen molar-refractivity contribution in [2.75, 3.05) is 32.7 Å². The molecule has 0 aromatic heterocycles. The maximum Gasteiger partial charge on any atom is 0.257 e. The highest BCUT2D eigenvalue weighted by molar-refractivity contribution is 14.1. The number of likely N-dealkylation sites (N-methyl/N-ethyl adjacent to an activating group) is 1. The average Bonchev–Trinajstić information content (AvgIpc) is 2.66. The van der Waals surface area contributed by atoms with Crippen molar-refractivity contribution >= 4 is 40.1 Å². The highest BCUT2D eigenvalue weighted by atomic mass is 127. The molecule has 2 aromatic carbocycles. The lowest BCUT2D eigenvalue weighted by Gasteiger charge is -2.13. The van der Waals surface area contributed by atoms with Crippen LogP contribution >= 0.6 is 22.6 Å². The topological polar surface area (TPSA) is 85.9 Å². The molecule has 0 spiro atoms. The number of amides is 2. The smallest absolute Gasteiger partial charge is 0.257 e. The molecule has 0 unspecified atom stereocenters. The number of nitrogens with one attached hydrogen (secondary N) is 2. The molecule has 8 heteroatoms. The Morgan fingerprint density at radius 3 is 2.44 bits per heavy atom. The minimum absolute atomic E-state index is 0.0845. The van der Waals surface area contributed by atoms with E-state index in [2.05, 4.69) is 33.2 Å². The van der Waals surface area contributed by atoms with E-state index < -0.39 is 0 Å². The van der Waals surface area contributed by atoms with Gasteiger partial charge in [-0.05, 0) is 53.8 Å². The van der Waals surface area contributed by atoms with Crippen LogP contribution in [0.25, 0.3) is 0 Å². The summed E-state index contributed by atoms with van der Waals surface area (Å²) in [7, 11) is 3.06. The van der Waals surface area contributed by atoms with Gasteiger partial charge in [-0.1, -0.05) is 6.07 Å². The fraction of sp³-hybridized carbons (Fsp3) is 0.263. The lowest BCUT2D eigenvalue weighted by atomic mass is 10.1. The molecule has 2 amide bonds. The van der Waals surface area contributed by atoms with E-state index in [1.165, 1.54) is 7.11 Å². The Labute approximate surface area is 171 Å². The summed E-state index contributed by atoms with van der Waals surface area (Å²) < 4.78 is 16.7. The van der Waals surface area contributed by atoms with Gasteiger partial charge in [-0.15, -0.1) is 0 Å². The van der Waals surface area contributed by atoms with Crippen LogP contribution in [0, 0.1) is 3.57 Å². The van der Waals surface area contributed by atoms with Crippen molar-refractivity contribution in [3.05, 3.63) is 45.5 Å². The Kier molecular flexibility index (Phi) is 7.71. The van der Waals surface area contributed by atoms with E-state index in [1.807, 2.05) is 6.92 Å². The number of hydrogen-bond donors (Lipinski definition) is 2. The molecule has 0 aliphatic carbocycles. The van der Waals surface area contributed by atoms with Crippen LogP contribution in [0.1, 0.15) is 17.3 Å². The van der Waals surface area contributed by atoms with Gasteiger partial charge in [-0.3, -0.25) is 9.59 Å². The highest BCUT2D eigenvalue weighted by Crippen LogP contribution is 2.31. The predicted molar refractivity (Wildman–Crippen MR) is 111 cm³/mol. The second-order valence-corrected chi connectivity index (χ2v) is 6.57. The molecule has 0 aliphatic heterocycles. The fourth-order valence-electron chi connectivity index (χ4n) is 2.29. The van der Waals surface area contributed by atoms with Gasteiger partial charge in [0, 0.05) is 21.9 Å². The van der Waals surface area contributed by atoms with Crippen molar-refractivity contribution in [2.24, 2.45) is 0 Å². The Morgan fingerprint density at radius 2 is 1.78 bits per heavy atom. The maximum absolute atomic E-state index is 12.6. The van der Waals surface area contributed by atoms with Crippen LogP contribution in [0.3, 0.4) is 0 Å². The summed E-state index contributed by atoms with van der Waals surface area (Å²) in [6, 6.07) is 10.2. The molecule has 27 heavy (non-hydrogen) atoms. The van der Waals surface area contributed by atoms with Crippen molar-refractivity contribution in [1.82, 2.24) is 5.32 Å². The van der Waals surface area contributed by atoms with E-state index in [0.29, 0.717) is 35.0 Å². The Morgan fingerprint density at radius 1 is 1.07 bits per heavy atom. The van der Waals surface area contributed by atoms with Crippen LogP contribution < -0.4 is 24.8 Å². The first-order valence-electron chi connectivity index (χ1n) is 8.21. The third kappa shape index (κ3) is 5.75. The molecule has 0 heterocycles. The second-order valence-electron chi connectivity index (χ2n) is 5.41. The summed E-state index contributed by atoms with van der Waals surface area (Å²) >= 11 is 2.07. The van der Waals surface area contributed by atoms with E-state index in [1.54, 1.807) is 43.5 Å². The molecular formula is C19H21IN2O5. The molecule has 144 valence electrons. The number of methoxy groups -OCH3 is 2. The van der Waals surface area contributed by atoms with Crippen LogP contribution in [-0.4, -0.2) is 39.2 Å². The minimum Gasteiger partial charge on any atom is -0.493 e. The van der Waals surface area contributed by atoms with Gasteiger partial charge in [0.1, 0.15) is 5.75 Å². The zero-order valence-electron chi connectivity index (χ0n) is 15.3. The molecule has 2 aromatic rings. The quantitative estimate of drug-likeness (QED) is 0.563. The van der Waals surface area contributed by atoms with Gasteiger partial charge in [-0.2, -0.15) is 0 Å². The van der Waals surface area contributed by atoms with Gasteiger partial charge in [0.2, 0.25) is 0 Å².